The summed E-state index contributed by atoms with van der Waals surface area (Å²) in [5, 5.41) is 0. The van der Waals surface area contributed by atoms with E-state index in [9.17, 15) is 0 Å². The fourth-order valence-electron chi connectivity index (χ4n) is 0. The second kappa shape index (κ2) is 8.67. The van der Waals surface area contributed by atoms with E-state index >= 15 is 0 Å². The van der Waals surface area contributed by atoms with Gasteiger partial charge in [-0.05, 0) is 0 Å². The summed E-state index contributed by atoms with van der Waals surface area (Å²) in [6.07, 6.45) is 0. The molecule has 0 nitrogen and oxygen atoms in total. The molecule has 0 aromatic rings. The average molecular weight is 276 g/mol. The van der Waals surface area contributed by atoms with Gasteiger partial charge in [-0.2, -0.15) is 0 Å². The van der Waals surface area contributed by atoms with Gasteiger partial charge in [-0.25, -0.2) is 0 Å². The topological polar surface area (TPSA) is 0 Å². The molecule has 0 aliphatic carbocycles. The van der Waals surface area contributed by atoms with Crippen LogP contribution in [-0.2, 0) is 0 Å². The van der Waals surface area contributed by atoms with Crippen LogP contribution in [-0.4, -0.2) is 26.8 Å². The van der Waals surface area contributed by atoms with E-state index in [0.29, 0.717) is 0 Å². The van der Waals surface area contributed by atoms with Gasteiger partial charge in [-0.1, -0.05) is 0 Å². The predicted molar refractivity (Wildman–Crippen MR) is 46.7 cm³/mol. The van der Waals surface area contributed by atoms with Crippen molar-refractivity contribution in [3.63, 3.8) is 0 Å². The first-order chi connectivity index (χ1) is 3.46. The summed E-state index contributed by atoms with van der Waals surface area (Å²) in [5.74, 6) is 8.40. The second-order valence-corrected chi connectivity index (χ2v) is 17.0. The average Bonchev–Trinajstić information content (AvgIpc) is 1.25. The van der Waals surface area contributed by atoms with Crippen LogP contribution in [0.4, 0.5) is 0 Å². The zero-order valence-corrected chi connectivity index (χ0v) is 11.5. The summed E-state index contributed by atoms with van der Waals surface area (Å²) >= 11 is -1.72. The molecule has 0 fully saturated rings. The minimum absolute atomic E-state index is 0.861. The summed E-state index contributed by atoms with van der Waals surface area (Å²) in [6, 6.07) is 0. The molecule has 0 unspecified atom stereocenters. The van der Waals surface area contributed by atoms with E-state index < -0.39 is 26.8 Å². The molecule has 0 saturated heterocycles. The molecule has 0 N–H and O–H groups in total. The Bertz CT molecular complexity index is 27.5. The third-order valence-corrected chi connectivity index (χ3v) is 0. The monoisotopic (exact) mass is 278 g/mol. The third kappa shape index (κ3) is 123. The summed E-state index contributed by atoms with van der Waals surface area (Å²) in [6.45, 7) is 0. The first kappa shape index (κ1) is 12.4. The molecule has 4 heteroatoms. The van der Waals surface area contributed by atoms with Crippen LogP contribution in [0.2, 0.25) is 23.0 Å². The molecule has 0 amide bonds. The Balaban J connectivity index is 0. The van der Waals surface area contributed by atoms with Gasteiger partial charge in [0, 0.05) is 0 Å². The van der Waals surface area contributed by atoms with E-state index in [1.807, 2.05) is 0 Å². The van der Waals surface area contributed by atoms with Gasteiger partial charge in [-0.15, -0.1) is 0 Å². The van der Waals surface area contributed by atoms with Crippen molar-refractivity contribution in [1.29, 1.82) is 0 Å². The molecular weight excluding hydrogens is 264 g/mol. The van der Waals surface area contributed by atoms with Crippen LogP contribution in [0.15, 0.2) is 0 Å². The van der Waals surface area contributed by atoms with Gasteiger partial charge in [-0.3, -0.25) is 0 Å². The minimum atomic E-state index is -0.861. The maximum absolute atomic E-state index is 5.44. The Kier molecular flexibility index (Phi) is 13.4. The molecule has 0 spiro atoms. The van der Waals surface area contributed by atoms with E-state index in [4.69, 9.17) is 20.0 Å². The Morgan fingerprint density at radius 1 is 0.750 bits per heavy atom. The molecular formula is C4H12Cl2Ge2. The van der Waals surface area contributed by atoms with Crippen molar-refractivity contribution in [2.45, 2.75) is 23.0 Å². The van der Waals surface area contributed by atoms with Crippen LogP contribution in [0.5, 0.6) is 0 Å². The molecule has 0 aliphatic rings. The first-order valence-electron chi connectivity index (χ1n) is 2.38. The predicted octanol–water partition coefficient (Wildman–Crippen LogP) is 2.95. The number of hydrogen-bond acceptors (Lipinski definition) is 0. The van der Waals surface area contributed by atoms with Gasteiger partial charge >= 0.3 is 69.9 Å². The van der Waals surface area contributed by atoms with Crippen LogP contribution in [0.3, 0.4) is 0 Å². The summed E-state index contributed by atoms with van der Waals surface area (Å²) in [5.41, 5.74) is 0. The van der Waals surface area contributed by atoms with Crippen molar-refractivity contribution in [3.8, 4) is 0 Å². The van der Waals surface area contributed by atoms with Crippen molar-refractivity contribution in [1.82, 2.24) is 0 Å². The van der Waals surface area contributed by atoms with Gasteiger partial charge in [0.15, 0.2) is 0 Å². The molecule has 8 heavy (non-hydrogen) atoms. The third-order valence-electron chi connectivity index (χ3n) is 0. The van der Waals surface area contributed by atoms with Crippen molar-refractivity contribution in [2.75, 3.05) is 0 Å². The van der Waals surface area contributed by atoms with Crippen LogP contribution >= 0.6 is 20.0 Å². The zero-order chi connectivity index (χ0) is 7.15. The zero-order valence-electron chi connectivity index (χ0n) is 5.76. The fraction of sp³-hybridized carbons (Fsp3) is 1.00. The molecule has 0 aromatic carbocycles. The van der Waals surface area contributed by atoms with E-state index in [-0.39, 0.29) is 0 Å². The Hall–Kier alpha value is 1.67. The van der Waals surface area contributed by atoms with E-state index in [1.54, 1.807) is 0 Å². The first-order valence-corrected chi connectivity index (χ1v) is 16.3. The van der Waals surface area contributed by atoms with E-state index in [1.165, 1.54) is 0 Å². The molecule has 0 aliphatic heterocycles. The summed E-state index contributed by atoms with van der Waals surface area (Å²) in [7, 11) is 10.9. The van der Waals surface area contributed by atoms with E-state index in [0.717, 1.165) is 0 Å². The van der Waals surface area contributed by atoms with Crippen LogP contribution in [0.1, 0.15) is 0 Å². The van der Waals surface area contributed by atoms with Gasteiger partial charge in [0.1, 0.15) is 0 Å². The molecule has 0 aromatic heterocycles. The molecule has 0 atom stereocenters. The van der Waals surface area contributed by atoms with Crippen LogP contribution < -0.4 is 0 Å². The maximum atomic E-state index is 5.44. The van der Waals surface area contributed by atoms with Gasteiger partial charge in [0.05, 0.1) is 0 Å². The molecule has 0 rings (SSSR count). The van der Waals surface area contributed by atoms with Gasteiger partial charge in [0.2, 0.25) is 0 Å². The summed E-state index contributed by atoms with van der Waals surface area (Å²) < 4.78 is 0. The molecule has 0 bridgehead atoms. The quantitative estimate of drug-likeness (QED) is 0.597. The Morgan fingerprint density at radius 3 is 0.750 bits per heavy atom. The summed E-state index contributed by atoms with van der Waals surface area (Å²) in [4.78, 5) is 0. The van der Waals surface area contributed by atoms with Crippen molar-refractivity contribution >= 4 is 46.9 Å². The Morgan fingerprint density at radius 2 is 0.750 bits per heavy atom. The number of rotatable bonds is 0. The molecule has 50 valence electrons. The standard InChI is InChI=1S/2C2H6ClGe/c2*1-4(2)3/h2*1-2H3. The van der Waals surface area contributed by atoms with Crippen molar-refractivity contribution in [3.05, 3.63) is 0 Å². The van der Waals surface area contributed by atoms with Crippen molar-refractivity contribution < 1.29 is 0 Å². The van der Waals surface area contributed by atoms with Crippen molar-refractivity contribution in [2.24, 2.45) is 0 Å². The van der Waals surface area contributed by atoms with E-state index in [2.05, 4.69) is 23.0 Å². The number of hydrogen-bond donors (Lipinski definition) is 0. The van der Waals surface area contributed by atoms with Gasteiger partial charge in [0.25, 0.3) is 0 Å². The fourth-order valence-corrected chi connectivity index (χ4v) is 0. The molecule has 0 saturated carbocycles. The van der Waals surface area contributed by atoms with Crippen LogP contribution in [0.25, 0.3) is 0 Å². The molecule has 0 heterocycles. The number of halogens is 2. The van der Waals surface area contributed by atoms with Gasteiger partial charge < -0.3 is 0 Å². The van der Waals surface area contributed by atoms with Crippen LogP contribution in [0, 0.1) is 0 Å². The Labute approximate surface area is 69.5 Å². The normalized spacial score (nSPS) is 9.00. The SMILES string of the molecule is [CH3][Ge]([CH3])[Cl].[CH3][Ge]([CH3])[Cl]. The molecule has 2 radical (unpaired) electrons. The second-order valence-electron chi connectivity index (χ2n) is 1.76.